The van der Waals surface area contributed by atoms with E-state index in [-0.39, 0.29) is 0 Å². The number of pyridine rings is 1. The van der Waals surface area contributed by atoms with Crippen LogP contribution in [-0.4, -0.2) is 11.5 Å². The summed E-state index contributed by atoms with van der Waals surface area (Å²) in [6.07, 6.45) is 4.97. The lowest BCUT2D eigenvalue weighted by Gasteiger charge is -1.97. The van der Waals surface area contributed by atoms with E-state index < -0.39 is 0 Å². The first-order valence-electron chi connectivity index (χ1n) is 4.14. The van der Waals surface area contributed by atoms with E-state index in [2.05, 4.69) is 23.3 Å². The maximum atomic E-state index is 4.04. The number of nitrogens with two attached hydrogens (primary N) is 1. The van der Waals surface area contributed by atoms with Gasteiger partial charge in [-0.15, -0.1) is 0 Å². The summed E-state index contributed by atoms with van der Waals surface area (Å²) >= 11 is 0. The van der Waals surface area contributed by atoms with Crippen LogP contribution >= 0.6 is 0 Å². The van der Waals surface area contributed by atoms with Gasteiger partial charge in [-0.05, 0) is 12.5 Å². The molecular formula is C9H15N2+. The van der Waals surface area contributed by atoms with Crippen molar-refractivity contribution in [1.82, 2.24) is 4.98 Å². The lowest BCUT2D eigenvalue weighted by Crippen LogP contribution is -2.82. The molecule has 1 rings (SSSR count). The zero-order chi connectivity index (χ0) is 7.94. The van der Waals surface area contributed by atoms with Crippen LogP contribution in [0.2, 0.25) is 0 Å². The minimum atomic E-state index is 1.06. The van der Waals surface area contributed by atoms with Crippen LogP contribution < -0.4 is 5.32 Å². The molecule has 0 saturated carbocycles. The molecule has 0 amide bonds. The van der Waals surface area contributed by atoms with Gasteiger partial charge in [-0.2, -0.15) is 0 Å². The van der Waals surface area contributed by atoms with Crippen LogP contribution in [0.15, 0.2) is 24.5 Å². The Hall–Kier alpha value is -0.890. The number of hydrogen-bond acceptors (Lipinski definition) is 1. The van der Waals surface area contributed by atoms with Crippen LogP contribution in [0.5, 0.6) is 0 Å². The third-order valence-corrected chi connectivity index (χ3v) is 1.60. The molecule has 2 heteroatoms. The summed E-state index contributed by atoms with van der Waals surface area (Å²) in [5.74, 6) is 0. The molecule has 0 aliphatic carbocycles. The maximum absolute atomic E-state index is 4.04. The molecular weight excluding hydrogens is 136 g/mol. The number of nitrogens with zero attached hydrogens (tertiary/aromatic N) is 1. The number of rotatable bonds is 4. The van der Waals surface area contributed by atoms with E-state index in [9.17, 15) is 0 Å². The van der Waals surface area contributed by atoms with Crippen LogP contribution in [0.4, 0.5) is 0 Å². The third-order valence-electron chi connectivity index (χ3n) is 1.60. The van der Waals surface area contributed by atoms with Gasteiger partial charge in [0.2, 0.25) is 0 Å². The van der Waals surface area contributed by atoms with Crippen molar-refractivity contribution >= 4 is 0 Å². The van der Waals surface area contributed by atoms with Gasteiger partial charge in [-0.1, -0.05) is 13.0 Å². The van der Waals surface area contributed by atoms with Gasteiger partial charge in [0.05, 0.1) is 6.54 Å². The second-order valence-electron chi connectivity index (χ2n) is 2.64. The second kappa shape index (κ2) is 4.85. The first-order chi connectivity index (χ1) is 5.43. The van der Waals surface area contributed by atoms with E-state index in [0.717, 1.165) is 6.54 Å². The molecule has 1 aromatic rings. The average Bonchev–Trinajstić information content (AvgIpc) is 2.07. The fourth-order valence-corrected chi connectivity index (χ4v) is 0.992. The van der Waals surface area contributed by atoms with Crippen molar-refractivity contribution in [2.45, 2.75) is 19.9 Å². The van der Waals surface area contributed by atoms with Crippen LogP contribution in [0.25, 0.3) is 0 Å². The molecule has 0 spiro atoms. The fourth-order valence-electron chi connectivity index (χ4n) is 0.992. The molecule has 2 N–H and O–H groups in total. The van der Waals surface area contributed by atoms with Gasteiger partial charge < -0.3 is 5.32 Å². The van der Waals surface area contributed by atoms with Crippen LogP contribution in [0, 0.1) is 0 Å². The molecule has 11 heavy (non-hydrogen) atoms. The highest BCUT2D eigenvalue weighted by atomic mass is 14.8. The molecule has 0 aliphatic heterocycles. The summed E-state index contributed by atoms with van der Waals surface area (Å²) in [7, 11) is 0. The van der Waals surface area contributed by atoms with Gasteiger partial charge in [0.25, 0.3) is 0 Å². The molecule has 0 fully saturated rings. The average molecular weight is 151 g/mol. The van der Waals surface area contributed by atoms with E-state index in [1.165, 1.54) is 18.5 Å². The van der Waals surface area contributed by atoms with Gasteiger partial charge in [0.15, 0.2) is 0 Å². The van der Waals surface area contributed by atoms with Gasteiger partial charge in [-0.25, -0.2) is 0 Å². The molecule has 0 atom stereocenters. The highest BCUT2D eigenvalue weighted by Gasteiger charge is 1.91. The number of hydrogen-bond donors (Lipinski definition) is 1. The predicted octanol–water partition coefficient (Wildman–Crippen LogP) is 0.555. The zero-order valence-electron chi connectivity index (χ0n) is 6.96. The number of quaternary nitrogens is 1. The topological polar surface area (TPSA) is 29.5 Å². The van der Waals surface area contributed by atoms with Crippen molar-refractivity contribution in [3.8, 4) is 0 Å². The lowest BCUT2D eigenvalue weighted by molar-refractivity contribution is -0.670. The summed E-state index contributed by atoms with van der Waals surface area (Å²) in [5.41, 5.74) is 1.31. The summed E-state index contributed by atoms with van der Waals surface area (Å²) in [5, 5.41) is 2.30. The Morgan fingerprint density at radius 1 is 1.55 bits per heavy atom. The Balaban J connectivity index is 2.28. The number of aromatic nitrogens is 1. The lowest BCUT2D eigenvalue weighted by atomic mass is 10.3. The van der Waals surface area contributed by atoms with Crippen molar-refractivity contribution < 1.29 is 5.32 Å². The van der Waals surface area contributed by atoms with E-state index in [4.69, 9.17) is 0 Å². The Labute approximate surface area is 67.7 Å². The molecule has 0 bridgehead atoms. The molecule has 0 saturated heterocycles. The molecule has 0 radical (unpaired) electrons. The maximum Gasteiger partial charge on any atom is 0.103 e. The molecule has 2 nitrogen and oxygen atoms in total. The standard InChI is InChI=1S/C9H14N2/c1-2-5-10-7-9-4-3-6-11-8-9/h3-4,6,8,10H,2,5,7H2,1H3/p+1. The first kappa shape index (κ1) is 8.21. The molecule has 1 heterocycles. The summed E-state index contributed by atoms with van der Waals surface area (Å²) in [4.78, 5) is 4.04. The summed E-state index contributed by atoms with van der Waals surface area (Å²) < 4.78 is 0. The van der Waals surface area contributed by atoms with Crippen molar-refractivity contribution in [3.05, 3.63) is 30.1 Å². The minimum Gasteiger partial charge on any atom is -0.342 e. The molecule has 60 valence electrons. The highest BCUT2D eigenvalue weighted by molar-refractivity contribution is 5.06. The van der Waals surface area contributed by atoms with E-state index in [1.54, 1.807) is 0 Å². The van der Waals surface area contributed by atoms with Crippen LogP contribution in [-0.2, 0) is 6.54 Å². The monoisotopic (exact) mass is 151 g/mol. The van der Waals surface area contributed by atoms with Crippen molar-refractivity contribution in [3.63, 3.8) is 0 Å². The van der Waals surface area contributed by atoms with Gasteiger partial charge in [0.1, 0.15) is 6.54 Å². The smallest absolute Gasteiger partial charge is 0.103 e. The van der Waals surface area contributed by atoms with E-state index in [1.807, 2.05) is 18.5 Å². The van der Waals surface area contributed by atoms with Gasteiger partial charge in [-0.3, -0.25) is 4.98 Å². The van der Waals surface area contributed by atoms with Gasteiger partial charge in [0, 0.05) is 18.0 Å². The summed E-state index contributed by atoms with van der Waals surface area (Å²) in [6, 6.07) is 4.09. The second-order valence-corrected chi connectivity index (χ2v) is 2.64. The minimum absolute atomic E-state index is 1.06. The largest absolute Gasteiger partial charge is 0.342 e. The summed E-state index contributed by atoms with van der Waals surface area (Å²) in [6.45, 7) is 4.45. The first-order valence-corrected chi connectivity index (χ1v) is 4.14. The van der Waals surface area contributed by atoms with E-state index in [0.29, 0.717) is 0 Å². The fraction of sp³-hybridized carbons (Fsp3) is 0.444. The quantitative estimate of drug-likeness (QED) is 0.626. The molecule has 1 aromatic heterocycles. The van der Waals surface area contributed by atoms with Crippen molar-refractivity contribution in [2.24, 2.45) is 0 Å². The normalized spacial score (nSPS) is 9.91. The Morgan fingerprint density at radius 2 is 2.45 bits per heavy atom. The van der Waals surface area contributed by atoms with Crippen LogP contribution in [0.3, 0.4) is 0 Å². The van der Waals surface area contributed by atoms with Crippen molar-refractivity contribution in [2.75, 3.05) is 6.54 Å². The van der Waals surface area contributed by atoms with E-state index >= 15 is 0 Å². The van der Waals surface area contributed by atoms with Crippen LogP contribution in [0.1, 0.15) is 18.9 Å². The molecule has 0 unspecified atom stereocenters. The third kappa shape index (κ3) is 3.14. The van der Waals surface area contributed by atoms with Crippen molar-refractivity contribution in [1.29, 1.82) is 0 Å². The SMILES string of the molecule is CCC[NH2+]Cc1cccnc1. The van der Waals surface area contributed by atoms with Gasteiger partial charge >= 0.3 is 0 Å². The highest BCUT2D eigenvalue weighted by Crippen LogP contribution is 1.90. The predicted molar refractivity (Wildman–Crippen MR) is 45.0 cm³/mol. The Kier molecular flexibility index (Phi) is 3.62. The molecule has 0 aliphatic rings. The Bertz CT molecular complexity index is 184. The zero-order valence-corrected chi connectivity index (χ0v) is 6.96. The molecule has 0 aromatic carbocycles. The Morgan fingerprint density at radius 3 is 3.09 bits per heavy atom.